The van der Waals surface area contributed by atoms with Gasteiger partial charge in [0.25, 0.3) is 0 Å². The Kier molecular flexibility index (Phi) is 3.40. The molecule has 2 rings (SSSR count). The van der Waals surface area contributed by atoms with Crippen molar-refractivity contribution in [2.75, 3.05) is 7.11 Å². The van der Waals surface area contributed by atoms with Crippen molar-refractivity contribution in [3.05, 3.63) is 35.9 Å². The monoisotopic (exact) mass is 216 g/mol. The molecule has 1 aromatic carbocycles. The van der Waals surface area contributed by atoms with Crippen LogP contribution >= 0.6 is 0 Å². The molecule has 0 N–H and O–H groups in total. The van der Waals surface area contributed by atoms with Crippen LogP contribution in [0.2, 0.25) is 0 Å². The number of ketones is 1. The second-order valence-electron chi connectivity index (χ2n) is 4.04. The van der Waals surface area contributed by atoms with Gasteiger partial charge in [-0.1, -0.05) is 18.2 Å². The first-order valence-corrected chi connectivity index (χ1v) is 5.68. The largest absolute Gasteiger partial charge is 0.496 e. The lowest BCUT2D eigenvalue weighted by Crippen LogP contribution is -1.93. The van der Waals surface area contributed by atoms with Gasteiger partial charge in [-0.2, -0.15) is 0 Å². The Morgan fingerprint density at radius 3 is 2.69 bits per heavy atom. The molecule has 2 heteroatoms. The highest BCUT2D eigenvalue weighted by molar-refractivity contribution is 5.97. The number of carbonyl (C=O) groups is 1. The summed E-state index contributed by atoms with van der Waals surface area (Å²) in [6, 6.07) is 7.88. The van der Waals surface area contributed by atoms with Gasteiger partial charge in [0.2, 0.25) is 0 Å². The zero-order chi connectivity index (χ0) is 11.4. The highest BCUT2D eigenvalue weighted by atomic mass is 16.5. The molecule has 0 saturated carbocycles. The predicted octanol–water partition coefficient (Wildman–Crippen LogP) is 3.22. The number of benzene rings is 1. The molecule has 84 valence electrons. The van der Waals surface area contributed by atoms with Crippen molar-refractivity contribution >= 4 is 11.4 Å². The predicted molar refractivity (Wildman–Crippen MR) is 64.4 cm³/mol. The van der Waals surface area contributed by atoms with Crippen LogP contribution in [0, 0.1) is 0 Å². The molecule has 1 aliphatic rings. The van der Waals surface area contributed by atoms with Crippen LogP contribution < -0.4 is 4.74 Å². The van der Waals surface area contributed by atoms with Gasteiger partial charge in [0, 0.05) is 12.0 Å². The van der Waals surface area contributed by atoms with Gasteiger partial charge in [-0.3, -0.25) is 4.79 Å². The van der Waals surface area contributed by atoms with Crippen LogP contribution in [-0.2, 0) is 4.79 Å². The van der Waals surface area contributed by atoms with Crippen LogP contribution in [0.5, 0.6) is 5.75 Å². The lowest BCUT2D eigenvalue weighted by atomic mass is 10.0. The van der Waals surface area contributed by atoms with E-state index < -0.39 is 0 Å². The molecular weight excluding hydrogens is 200 g/mol. The molecule has 0 bridgehead atoms. The quantitative estimate of drug-likeness (QED) is 0.758. The molecule has 16 heavy (non-hydrogen) atoms. The molecule has 0 unspecified atom stereocenters. The molecule has 0 aromatic heterocycles. The van der Waals surface area contributed by atoms with Gasteiger partial charge >= 0.3 is 0 Å². The number of ether oxygens (including phenoxy) is 1. The lowest BCUT2D eigenvalue weighted by Gasteiger charge is -2.10. The van der Waals surface area contributed by atoms with E-state index in [1.165, 1.54) is 0 Å². The normalized spacial score (nSPS) is 16.6. The van der Waals surface area contributed by atoms with E-state index in [1.54, 1.807) is 13.2 Å². The SMILES string of the molecule is COc1ccccc1C1=CC(=O)CCCC1. The summed E-state index contributed by atoms with van der Waals surface area (Å²) in [7, 11) is 1.66. The van der Waals surface area contributed by atoms with Crippen molar-refractivity contribution in [2.45, 2.75) is 25.7 Å². The summed E-state index contributed by atoms with van der Waals surface area (Å²) in [5, 5.41) is 0. The topological polar surface area (TPSA) is 26.3 Å². The minimum atomic E-state index is 0.235. The Morgan fingerprint density at radius 1 is 1.12 bits per heavy atom. The van der Waals surface area contributed by atoms with E-state index >= 15 is 0 Å². The molecule has 0 saturated heterocycles. The second kappa shape index (κ2) is 4.97. The summed E-state index contributed by atoms with van der Waals surface area (Å²) in [4.78, 5) is 11.5. The Morgan fingerprint density at radius 2 is 1.88 bits per heavy atom. The summed E-state index contributed by atoms with van der Waals surface area (Å²) in [5.74, 6) is 1.09. The van der Waals surface area contributed by atoms with Crippen molar-refractivity contribution in [3.63, 3.8) is 0 Å². The van der Waals surface area contributed by atoms with Gasteiger partial charge in [-0.25, -0.2) is 0 Å². The molecule has 2 nitrogen and oxygen atoms in total. The van der Waals surface area contributed by atoms with Gasteiger partial charge in [0.15, 0.2) is 5.78 Å². The van der Waals surface area contributed by atoms with E-state index in [-0.39, 0.29) is 5.78 Å². The standard InChI is InChI=1S/C14H16O2/c1-16-14-9-5-4-8-13(14)11-6-2-3-7-12(15)10-11/h4-5,8-10H,2-3,6-7H2,1H3. The van der Waals surface area contributed by atoms with Crippen LogP contribution in [0.3, 0.4) is 0 Å². The van der Waals surface area contributed by atoms with Crippen molar-refractivity contribution in [1.82, 2.24) is 0 Å². The van der Waals surface area contributed by atoms with E-state index in [2.05, 4.69) is 0 Å². The second-order valence-corrected chi connectivity index (χ2v) is 4.04. The minimum Gasteiger partial charge on any atom is -0.496 e. The van der Waals surface area contributed by atoms with Crippen LogP contribution in [0.1, 0.15) is 31.2 Å². The lowest BCUT2D eigenvalue weighted by molar-refractivity contribution is -0.114. The van der Waals surface area contributed by atoms with Crippen LogP contribution in [0.25, 0.3) is 5.57 Å². The highest BCUT2D eigenvalue weighted by Gasteiger charge is 2.12. The highest BCUT2D eigenvalue weighted by Crippen LogP contribution is 2.31. The Hall–Kier alpha value is -1.57. The average Bonchev–Trinajstić information content (AvgIpc) is 2.54. The van der Waals surface area contributed by atoms with E-state index in [1.807, 2.05) is 24.3 Å². The van der Waals surface area contributed by atoms with E-state index in [4.69, 9.17) is 4.74 Å². The molecule has 0 spiro atoms. The Bertz CT molecular complexity index is 418. The van der Waals surface area contributed by atoms with Crippen LogP contribution in [-0.4, -0.2) is 12.9 Å². The first kappa shape index (κ1) is 10.9. The van der Waals surface area contributed by atoms with Gasteiger partial charge < -0.3 is 4.74 Å². The average molecular weight is 216 g/mol. The van der Waals surface area contributed by atoms with Gasteiger partial charge in [0.1, 0.15) is 5.75 Å². The van der Waals surface area contributed by atoms with E-state index in [0.717, 1.165) is 36.1 Å². The third kappa shape index (κ3) is 2.32. The number of carbonyl (C=O) groups excluding carboxylic acids is 1. The third-order valence-corrected chi connectivity index (χ3v) is 2.91. The minimum absolute atomic E-state index is 0.235. The maximum atomic E-state index is 11.5. The fraction of sp³-hybridized carbons (Fsp3) is 0.357. The summed E-state index contributed by atoms with van der Waals surface area (Å²) in [6.07, 6.45) is 5.50. The Balaban J connectivity index is 2.38. The van der Waals surface area contributed by atoms with Crippen LogP contribution in [0.15, 0.2) is 30.3 Å². The van der Waals surface area contributed by atoms with Gasteiger partial charge in [-0.05, 0) is 37.0 Å². The summed E-state index contributed by atoms with van der Waals surface area (Å²) in [6.45, 7) is 0. The molecule has 1 aromatic rings. The van der Waals surface area contributed by atoms with Crippen molar-refractivity contribution in [2.24, 2.45) is 0 Å². The summed E-state index contributed by atoms with van der Waals surface area (Å²) in [5.41, 5.74) is 2.17. The summed E-state index contributed by atoms with van der Waals surface area (Å²) < 4.78 is 5.32. The number of hydrogen-bond donors (Lipinski definition) is 0. The summed E-state index contributed by atoms with van der Waals surface area (Å²) >= 11 is 0. The number of hydrogen-bond acceptors (Lipinski definition) is 2. The molecule has 1 aliphatic carbocycles. The maximum Gasteiger partial charge on any atom is 0.155 e. The van der Waals surface area contributed by atoms with Crippen molar-refractivity contribution < 1.29 is 9.53 Å². The zero-order valence-corrected chi connectivity index (χ0v) is 9.53. The number of methoxy groups -OCH3 is 1. The third-order valence-electron chi connectivity index (χ3n) is 2.91. The van der Waals surface area contributed by atoms with E-state index in [0.29, 0.717) is 6.42 Å². The molecule has 0 aliphatic heterocycles. The van der Waals surface area contributed by atoms with E-state index in [9.17, 15) is 4.79 Å². The molecule has 0 radical (unpaired) electrons. The number of allylic oxidation sites excluding steroid dienone is 2. The van der Waals surface area contributed by atoms with Crippen LogP contribution in [0.4, 0.5) is 0 Å². The maximum absolute atomic E-state index is 11.5. The first-order valence-electron chi connectivity index (χ1n) is 5.68. The Labute approximate surface area is 95.9 Å². The zero-order valence-electron chi connectivity index (χ0n) is 9.53. The van der Waals surface area contributed by atoms with Crippen molar-refractivity contribution in [3.8, 4) is 5.75 Å². The molecule has 0 atom stereocenters. The van der Waals surface area contributed by atoms with Crippen molar-refractivity contribution in [1.29, 1.82) is 0 Å². The number of rotatable bonds is 2. The molecule has 0 amide bonds. The fourth-order valence-electron chi connectivity index (χ4n) is 2.08. The molecule has 0 fully saturated rings. The van der Waals surface area contributed by atoms with Gasteiger partial charge in [-0.15, -0.1) is 0 Å². The first-order chi connectivity index (χ1) is 7.81. The molecular formula is C14H16O2. The molecule has 0 heterocycles. The van der Waals surface area contributed by atoms with Gasteiger partial charge in [0.05, 0.1) is 7.11 Å². The smallest absolute Gasteiger partial charge is 0.155 e. The fourth-order valence-corrected chi connectivity index (χ4v) is 2.08. The number of para-hydroxylation sites is 1.